The highest BCUT2D eigenvalue weighted by atomic mass is 35.5. The third kappa shape index (κ3) is 3.88. The Labute approximate surface area is 168 Å². The molecule has 0 radical (unpaired) electrons. The van der Waals surface area contributed by atoms with Crippen LogP contribution in [0.1, 0.15) is 33.2 Å². The number of hydrogen-bond donors (Lipinski definition) is 0. The van der Waals surface area contributed by atoms with Crippen LogP contribution in [0.15, 0.2) is 42.5 Å². The van der Waals surface area contributed by atoms with Crippen LogP contribution in [0.5, 0.6) is 0 Å². The fraction of sp³-hybridized carbons (Fsp3) is 0.316. The van der Waals surface area contributed by atoms with Gasteiger partial charge in [-0.1, -0.05) is 35.9 Å². The zero-order chi connectivity index (χ0) is 20.5. The van der Waals surface area contributed by atoms with Crippen LogP contribution in [-0.2, 0) is 9.84 Å². The third-order valence-electron chi connectivity index (χ3n) is 5.01. The minimum atomic E-state index is -3.50. The first-order chi connectivity index (χ1) is 13.2. The van der Waals surface area contributed by atoms with Gasteiger partial charge in [-0.3, -0.25) is 14.9 Å². The minimum absolute atomic E-state index is 0.0320. The van der Waals surface area contributed by atoms with Crippen molar-refractivity contribution in [2.45, 2.75) is 18.6 Å². The molecule has 148 valence electrons. The summed E-state index contributed by atoms with van der Waals surface area (Å²) >= 11 is 6.19. The van der Waals surface area contributed by atoms with Crippen molar-refractivity contribution in [3.05, 3.63) is 74.3 Å². The van der Waals surface area contributed by atoms with Crippen molar-refractivity contribution in [3.8, 4) is 0 Å². The van der Waals surface area contributed by atoms with E-state index in [9.17, 15) is 23.3 Å². The van der Waals surface area contributed by atoms with Gasteiger partial charge in [0.05, 0.1) is 15.9 Å². The summed E-state index contributed by atoms with van der Waals surface area (Å²) in [6.07, 6.45) is 0.214. The predicted molar refractivity (Wildman–Crippen MR) is 106 cm³/mol. The van der Waals surface area contributed by atoms with Gasteiger partial charge in [-0.05, 0) is 31.0 Å². The quantitative estimate of drug-likeness (QED) is 0.556. The highest BCUT2D eigenvalue weighted by Crippen LogP contribution is 2.34. The number of sulfone groups is 1. The summed E-state index contributed by atoms with van der Waals surface area (Å²) in [7, 11) is -3.50. The Hall–Kier alpha value is -2.45. The van der Waals surface area contributed by atoms with Gasteiger partial charge in [0.25, 0.3) is 11.6 Å². The van der Waals surface area contributed by atoms with E-state index in [1.165, 1.54) is 30.0 Å². The lowest BCUT2D eigenvalue weighted by atomic mass is 10.0. The summed E-state index contributed by atoms with van der Waals surface area (Å²) in [5, 5.41) is 10.7. The number of carbonyl (C=O) groups excluding carboxylic acids is 1. The zero-order valence-corrected chi connectivity index (χ0v) is 16.7. The number of nitro groups is 1. The molecule has 0 aromatic heterocycles. The second-order valence-electron chi connectivity index (χ2n) is 6.66. The number of nitrogens with zero attached hydrogens (tertiary/aromatic N) is 2. The van der Waals surface area contributed by atoms with Crippen LogP contribution < -0.4 is 0 Å². The van der Waals surface area contributed by atoms with Gasteiger partial charge >= 0.3 is 0 Å². The summed E-state index contributed by atoms with van der Waals surface area (Å²) in [6, 6.07) is 11.1. The predicted octanol–water partition coefficient (Wildman–Crippen LogP) is 3.56. The zero-order valence-electron chi connectivity index (χ0n) is 15.2. The SMILES string of the molecule is Cc1c(C(=O)N2CCC(c3ccccc3Cl)S(=O)(=O)CC2)cccc1[N+](=O)[O-]. The Morgan fingerprint density at radius 1 is 1.18 bits per heavy atom. The Balaban J connectivity index is 1.89. The first kappa shape index (κ1) is 20.3. The third-order valence-corrected chi connectivity index (χ3v) is 7.46. The van der Waals surface area contributed by atoms with Crippen molar-refractivity contribution >= 4 is 33.0 Å². The monoisotopic (exact) mass is 422 g/mol. The van der Waals surface area contributed by atoms with E-state index in [4.69, 9.17) is 11.6 Å². The molecule has 1 fully saturated rings. The molecular formula is C19H19ClN2O5S. The molecule has 0 saturated carbocycles. The first-order valence-electron chi connectivity index (χ1n) is 8.71. The molecular weight excluding hydrogens is 404 g/mol. The molecule has 2 aromatic carbocycles. The van der Waals surface area contributed by atoms with Crippen LogP contribution in [0.2, 0.25) is 5.02 Å². The van der Waals surface area contributed by atoms with E-state index in [0.717, 1.165) is 0 Å². The number of nitro benzene ring substituents is 1. The van der Waals surface area contributed by atoms with Crippen LogP contribution >= 0.6 is 11.6 Å². The van der Waals surface area contributed by atoms with Crippen LogP contribution in [0.4, 0.5) is 5.69 Å². The van der Waals surface area contributed by atoms with Gasteiger partial charge in [0, 0.05) is 35.3 Å². The summed E-state index contributed by atoms with van der Waals surface area (Å²) < 4.78 is 25.6. The number of rotatable bonds is 3. The average Bonchev–Trinajstić information content (AvgIpc) is 2.80. The van der Waals surface area contributed by atoms with Gasteiger partial charge < -0.3 is 4.90 Å². The van der Waals surface area contributed by atoms with Gasteiger partial charge in [-0.25, -0.2) is 8.42 Å². The lowest BCUT2D eigenvalue weighted by molar-refractivity contribution is -0.385. The molecule has 7 nitrogen and oxygen atoms in total. The van der Waals surface area contributed by atoms with E-state index >= 15 is 0 Å². The summed E-state index contributed by atoms with van der Waals surface area (Å²) in [5.74, 6) is -0.598. The lowest BCUT2D eigenvalue weighted by Crippen LogP contribution is -2.34. The topological polar surface area (TPSA) is 97.6 Å². The fourth-order valence-electron chi connectivity index (χ4n) is 3.46. The highest BCUT2D eigenvalue weighted by Gasteiger charge is 2.34. The molecule has 1 unspecified atom stereocenters. The van der Waals surface area contributed by atoms with Crippen molar-refractivity contribution in [3.63, 3.8) is 0 Å². The number of halogens is 1. The molecule has 1 heterocycles. The molecule has 2 aromatic rings. The van der Waals surface area contributed by atoms with E-state index in [1.807, 2.05) is 0 Å². The van der Waals surface area contributed by atoms with Crippen LogP contribution in [-0.4, -0.2) is 43.0 Å². The second-order valence-corrected chi connectivity index (χ2v) is 9.38. The molecule has 28 heavy (non-hydrogen) atoms. The summed E-state index contributed by atoms with van der Waals surface area (Å²) in [6.45, 7) is 1.77. The molecule has 1 aliphatic heterocycles. The minimum Gasteiger partial charge on any atom is -0.338 e. The van der Waals surface area contributed by atoms with E-state index in [1.54, 1.807) is 24.3 Å². The summed E-state index contributed by atoms with van der Waals surface area (Å²) in [5.41, 5.74) is 0.877. The average molecular weight is 423 g/mol. The standard InChI is InChI=1S/C19H19ClN2O5S/c1-13-14(6-4-8-17(13)22(24)25)19(23)21-10-9-18(28(26,27)12-11-21)15-5-2-3-7-16(15)20/h2-8,18H,9-12H2,1H3. The van der Waals surface area contributed by atoms with E-state index < -0.39 is 25.9 Å². The molecule has 0 aliphatic carbocycles. The van der Waals surface area contributed by atoms with Gasteiger partial charge in [0.15, 0.2) is 9.84 Å². The molecule has 0 N–H and O–H groups in total. The number of benzene rings is 2. The van der Waals surface area contributed by atoms with Gasteiger partial charge in [-0.2, -0.15) is 0 Å². The molecule has 3 rings (SSSR count). The Bertz CT molecular complexity index is 1040. The van der Waals surface area contributed by atoms with Gasteiger partial charge in [-0.15, -0.1) is 0 Å². The Morgan fingerprint density at radius 2 is 1.89 bits per heavy atom. The molecule has 1 saturated heterocycles. The highest BCUT2D eigenvalue weighted by molar-refractivity contribution is 7.91. The Morgan fingerprint density at radius 3 is 2.57 bits per heavy atom. The smallest absolute Gasteiger partial charge is 0.273 e. The molecule has 9 heteroatoms. The largest absolute Gasteiger partial charge is 0.338 e. The van der Waals surface area contributed by atoms with Crippen LogP contribution in [0.25, 0.3) is 0 Å². The summed E-state index contributed by atoms with van der Waals surface area (Å²) in [4.78, 5) is 25.0. The van der Waals surface area contributed by atoms with Crippen molar-refractivity contribution in [2.24, 2.45) is 0 Å². The van der Waals surface area contributed by atoms with Gasteiger partial charge in [0.2, 0.25) is 0 Å². The van der Waals surface area contributed by atoms with Crippen molar-refractivity contribution in [1.82, 2.24) is 4.90 Å². The number of amides is 1. The molecule has 0 spiro atoms. The fourth-order valence-corrected chi connectivity index (χ4v) is 5.60. The Kier molecular flexibility index (Phi) is 5.71. The number of hydrogen-bond acceptors (Lipinski definition) is 5. The van der Waals surface area contributed by atoms with Crippen molar-refractivity contribution in [2.75, 3.05) is 18.8 Å². The maximum atomic E-state index is 13.0. The van der Waals surface area contributed by atoms with E-state index in [2.05, 4.69) is 0 Å². The molecule has 1 amide bonds. The van der Waals surface area contributed by atoms with Gasteiger partial charge in [0.1, 0.15) is 0 Å². The molecule has 1 aliphatic rings. The van der Waals surface area contributed by atoms with Crippen molar-refractivity contribution in [1.29, 1.82) is 0 Å². The van der Waals surface area contributed by atoms with Crippen LogP contribution in [0.3, 0.4) is 0 Å². The van der Waals surface area contributed by atoms with E-state index in [-0.39, 0.29) is 42.1 Å². The van der Waals surface area contributed by atoms with Crippen molar-refractivity contribution < 1.29 is 18.1 Å². The molecule has 1 atom stereocenters. The first-order valence-corrected chi connectivity index (χ1v) is 10.8. The van der Waals surface area contributed by atoms with Crippen LogP contribution in [0, 0.1) is 17.0 Å². The molecule has 0 bridgehead atoms. The number of carbonyl (C=O) groups is 1. The van der Waals surface area contributed by atoms with E-state index in [0.29, 0.717) is 10.6 Å². The lowest BCUT2D eigenvalue weighted by Gasteiger charge is -2.21. The second kappa shape index (κ2) is 7.89. The maximum absolute atomic E-state index is 13.0. The maximum Gasteiger partial charge on any atom is 0.273 e. The normalized spacial score (nSPS) is 19.1.